The van der Waals surface area contributed by atoms with E-state index in [1.165, 1.54) is 11.3 Å². The van der Waals surface area contributed by atoms with Gasteiger partial charge in [-0.25, -0.2) is 4.79 Å². The standard InChI is InChI=1S/C31H30N2O4S/c1-31(2,3)23-11-9-21(10-12-23)29(36)33-26(17-20-7-5-4-6-8-20)30(37)32-24-13-15-27-22(18-24)19-25(38-27)14-16-28(34)35/h4-16,18-19,26H,17H2,1-3H3,(H,32,37)(H,33,36)(H,34,35)/b16-14+. The van der Waals surface area contributed by atoms with E-state index in [-0.39, 0.29) is 17.2 Å². The van der Waals surface area contributed by atoms with Crippen LogP contribution >= 0.6 is 11.3 Å². The second-order valence-corrected chi connectivity index (χ2v) is 11.2. The van der Waals surface area contributed by atoms with Gasteiger partial charge in [-0.1, -0.05) is 63.2 Å². The Bertz CT molecular complexity index is 1480. The molecule has 4 aromatic rings. The topological polar surface area (TPSA) is 95.5 Å². The van der Waals surface area contributed by atoms with Crippen molar-refractivity contribution in [2.75, 3.05) is 5.32 Å². The van der Waals surface area contributed by atoms with Crippen molar-refractivity contribution >= 4 is 51.0 Å². The van der Waals surface area contributed by atoms with Crippen molar-refractivity contribution in [1.29, 1.82) is 0 Å². The highest BCUT2D eigenvalue weighted by Gasteiger charge is 2.23. The van der Waals surface area contributed by atoms with Crippen LogP contribution in [0.5, 0.6) is 0 Å². The molecule has 0 aliphatic heterocycles. The van der Waals surface area contributed by atoms with Gasteiger partial charge in [-0.3, -0.25) is 9.59 Å². The van der Waals surface area contributed by atoms with E-state index >= 15 is 0 Å². The van der Waals surface area contributed by atoms with Gasteiger partial charge in [-0.15, -0.1) is 11.3 Å². The molecule has 6 nitrogen and oxygen atoms in total. The number of hydrogen-bond acceptors (Lipinski definition) is 4. The number of carbonyl (C=O) groups is 3. The van der Waals surface area contributed by atoms with Crippen LogP contribution in [0.2, 0.25) is 0 Å². The third-order valence-electron chi connectivity index (χ3n) is 6.11. The van der Waals surface area contributed by atoms with Gasteiger partial charge in [-0.2, -0.15) is 0 Å². The maximum Gasteiger partial charge on any atom is 0.328 e. The van der Waals surface area contributed by atoms with E-state index in [0.29, 0.717) is 17.7 Å². The molecule has 1 aromatic heterocycles. The van der Waals surface area contributed by atoms with Gasteiger partial charge >= 0.3 is 5.97 Å². The van der Waals surface area contributed by atoms with E-state index in [4.69, 9.17) is 5.11 Å². The lowest BCUT2D eigenvalue weighted by atomic mass is 9.86. The molecule has 3 aromatic carbocycles. The summed E-state index contributed by atoms with van der Waals surface area (Å²) in [5, 5.41) is 15.6. The summed E-state index contributed by atoms with van der Waals surface area (Å²) in [5.41, 5.74) is 3.11. The van der Waals surface area contributed by atoms with Crippen LogP contribution in [0.15, 0.2) is 84.9 Å². The molecule has 1 unspecified atom stereocenters. The smallest absolute Gasteiger partial charge is 0.328 e. The number of carboxylic acids is 1. The van der Waals surface area contributed by atoms with Crippen molar-refractivity contribution < 1.29 is 19.5 Å². The molecule has 0 saturated heterocycles. The maximum absolute atomic E-state index is 13.4. The summed E-state index contributed by atoms with van der Waals surface area (Å²) in [6.07, 6.45) is 2.98. The summed E-state index contributed by atoms with van der Waals surface area (Å²) in [6.45, 7) is 6.34. The number of hydrogen-bond donors (Lipinski definition) is 3. The number of carboxylic acid groups (broad SMARTS) is 1. The van der Waals surface area contributed by atoms with E-state index in [0.717, 1.165) is 32.2 Å². The molecule has 3 N–H and O–H groups in total. The summed E-state index contributed by atoms with van der Waals surface area (Å²) in [6, 6.07) is 23.6. The first-order valence-electron chi connectivity index (χ1n) is 12.3. The molecule has 38 heavy (non-hydrogen) atoms. The van der Waals surface area contributed by atoms with Gasteiger partial charge in [0.05, 0.1) is 0 Å². The minimum Gasteiger partial charge on any atom is -0.478 e. The van der Waals surface area contributed by atoms with Gasteiger partial charge in [-0.05, 0) is 64.4 Å². The lowest BCUT2D eigenvalue weighted by Crippen LogP contribution is -2.45. The quantitative estimate of drug-likeness (QED) is 0.236. The average Bonchev–Trinajstić information content (AvgIpc) is 3.29. The predicted octanol–water partition coefficient (Wildman–Crippen LogP) is 6.28. The number of amides is 2. The Kier molecular flexibility index (Phi) is 8.08. The van der Waals surface area contributed by atoms with Gasteiger partial charge in [0.15, 0.2) is 0 Å². The Morgan fingerprint density at radius 3 is 2.32 bits per heavy atom. The molecule has 0 bridgehead atoms. The average molecular weight is 527 g/mol. The molecule has 0 fully saturated rings. The highest BCUT2D eigenvalue weighted by atomic mass is 32.1. The first-order valence-corrected chi connectivity index (χ1v) is 13.1. The minimum atomic E-state index is -1.01. The van der Waals surface area contributed by atoms with Crippen LogP contribution in [0.25, 0.3) is 16.2 Å². The number of thiophene rings is 1. The Hall–Kier alpha value is -4.23. The molecule has 0 aliphatic carbocycles. The fourth-order valence-electron chi connectivity index (χ4n) is 4.03. The van der Waals surface area contributed by atoms with Crippen LogP contribution in [0.3, 0.4) is 0 Å². The van der Waals surface area contributed by atoms with E-state index < -0.39 is 12.0 Å². The molecule has 1 atom stereocenters. The van der Waals surface area contributed by atoms with E-state index in [9.17, 15) is 14.4 Å². The highest BCUT2D eigenvalue weighted by Crippen LogP contribution is 2.29. The lowest BCUT2D eigenvalue weighted by Gasteiger charge is -2.21. The third-order valence-corrected chi connectivity index (χ3v) is 7.19. The third kappa shape index (κ3) is 6.95. The zero-order valence-corrected chi connectivity index (χ0v) is 22.3. The summed E-state index contributed by atoms with van der Waals surface area (Å²) in [4.78, 5) is 38.1. The van der Waals surface area contributed by atoms with Gasteiger partial charge < -0.3 is 15.7 Å². The van der Waals surface area contributed by atoms with Crippen molar-refractivity contribution in [2.45, 2.75) is 38.6 Å². The SMILES string of the molecule is CC(C)(C)c1ccc(C(=O)NC(Cc2ccccc2)C(=O)Nc2ccc3sc(/C=C/C(=O)O)cc3c2)cc1. The number of fused-ring (bicyclic) bond motifs is 1. The molecule has 7 heteroatoms. The van der Waals surface area contributed by atoms with Crippen LogP contribution in [0.1, 0.15) is 47.1 Å². The monoisotopic (exact) mass is 526 g/mol. The Balaban J connectivity index is 1.53. The second-order valence-electron chi connectivity index (χ2n) is 10.1. The largest absolute Gasteiger partial charge is 0.478 e. The van der Waals surface area contributed by atoms with Crippen LogP contribution in [-0.2, 0) is 21.4 Å². The molecule has 1 heterocycles. The van der Waals surface area contributed by atoms with Crippen LogP contribution < -0.4 is 10.6 Å². The zero-order valence-electron chi connectivity index (χ0n) is 21.5. The fraction of sp³-hybridized carbons (Fsp3) is 0.194. The summed E-state index contributed by atoms with van der Waals surface area (Å²) in [5.74, 6) is -1.65. The fourth-order valence-corrected chi connectivity index (χ4v) is 4.98. The Morgan fingerprint density at radius 2 is 1.66 bits per heavy atom. The minimum absolute atomic E-state index is 0.0262. The number of rotatable bonds is 8. The molecule has 2 amide bonds. The Morgan fingerprint density at radius 1 is 0.947 bits per heavy atom. The van der Waals surface area contributed by atoms with E-state index in [1.54, 1.807) is 24.3 Å². The maximum atomic E-state index is 13.4. The van der Waals surface area contributed by atoms with Gasteiger partial charge in [0.1, 0.15) is 6.04 Å². The number of aliphatic carboxylic acids is 1. The number of nitrogens with one attached hydrogen (secondary N) is 2. The second kappa shape index (κ2) is 11.4. The number of anilines is 1. The molecule has 0 aliphatic rings. The molecule has 0 radical (unpaired) electrons. The first kappa shape index (κ1) is 26.8. The van der Waals surface area contributed by atoms with Crippen molar-refractivity contribution in [3.8, 4) is 0 Å². The van der Waals surface area contributed by atoms with Crippen LogP contribution in [0, 0.1) is 0 Å². The van der Waals surface area contributed by atoms with Crippen LogP contribution in [-0.4, -0.2) is 28.9 Å². The lowest BCUT2D eigenvalue weighted by molar-refractivity contribution is -0.131. The zero-order chi connectivity index (χ0) is 27.3. The van der Waals surface area contributed by atoms with Crippen molar-refractivity contribution in [1.82, 2.24) is 5.32 Å². The van der Waals surface area contributed by atoms with Gasteiger partial charge in [0, 0.05) is 33.3 Å². The predicted molar refractivity (Wildman–Crippen MR) is 154 cm³/mol. The number of benzene rings is 3. The summed E-state index contributed by atoms with van der Waals surface area (Å²) < 4.78 is 0.973. The van der Waals surface area contributed by atoms with E-state index in [1.807, 2.05) is 60.7 Å². The number of carbonyl (C=O) groups excluding carboxylic acids is 2. The normalized spacial score (nSPS) is 12.4. The highest BCUT2D eigenvalue weighted by molar-refractivity contribution is 7.19. The van der Waals surface area contributed by atoms with Crippen molar-refractivity contribution in [2.24, 2.45) is 0 Å². The summed E-state index contributed by atoms with van der Waals surface area (Å²) >= 11 is 1.46. The molecule has 0 spiro atoms. The molecular weight excluding hydrogens is 496 g/mol. The van der Waals surface area contributed by atoms with Crippen molar-refractivity contribution in [3.63, 3.8) is 0 Å². The van der Waals surface area contributed by atoms with Crippen LogP contribution in [0.4, 0.5) is 5.69 Å². The van der Waals surface area contributed by atoms with Gasteiger partial charge in [0.2, 0.25) is 5.91 Å². The molecule has 0 saturated carbocycles. The first-order chi connectivity index (χ1) is 18.1. The summed E-state index contributed by atoms with van der Waals surface area (Å²) in [7, 11) is 0. The molecular formula is C31H30N2O4S. The van der Waals surface area contributed by atoms with E-state index in [2.05, 4.69) is 31.4 Å². The van der Waals surface area contributed by atoms with Crippen molar-refractivity contribution in [3.05, 3.63) is 107 Å². The Labute approximate surface area is 226 Å². The molecule has 194 valence electrons. The van der Waals surface area contributed by atoms with Gasteiger partial charge in [0.25, 0.3) is 5.91 Å². The molecule has 4 rings (SSSR count).